The lowest BCUT2D eigenvalue weighted by Gasteiger charge is -2.20. The van der Waals surface area contributed by atoms with Crippen molar-refractivity contribution >= 4 is 17.2 Å². The molecule has 17 heavy (non-hydrogen) atoms. The lowest BCUT2D eigenvalue weighted by atomic mass is 10.3. The van der Waals surface area contributed by atoms with Crippen molar-refractivity contribution in [1.82, 2.24) is 4.90 Å². The molecule has 3 nitrogen and oxygen atoms in total. The van der Waals surface area contributed by atoms with Gasteiger partial charge in [-0.05, 0) is 23.6 Å². The number of carbonyl (C=O) groups excluding carboxylic acids is 1. The number of rotatable bonds is 5. The Morgan fingerprint density at radius 2 is 2.24 bits per heavy atom. The van der Waals surface area contributed by atoms with Crippen molar-refractivity contribution in [3.8, 4) is 0 Å². The smallest absolute Gasteiger partial charge is 0.223 e. The van der Waals surface area contributed by atoms with Gasteiger partial charge in [0.25, 0.3) is 0 Å². The molecule has 0 aliphatic carbocycles. The van der Waals surface area contributed by atoms with Crippen LogP contribution in [0.4, 0.5) is 0 Å². The predicted molar refractivity (Wildman–Crippen MR) is 67.6 cm³/mol. The van der Waals surface area contributed by atoms with Crippen LogP contribution in [0.25, 0.3) is 0 Å². The number of thiophene rings is 1. The fourth-order valence-electron chi connectivity index (χ4n) is 1.64. The molecule has 0 unspecified atom stereocenters. The van der Waals surface area contributed by atoms with Crippen molar-refractivity contribution in [2.75, 3.05) is 0 Å². The summed E-state index contributed by atoms with van der Waals surface area (Å²) in [6, 6.07) is 7.78. The van der Waals surface area contributed by atoms with Crippen LogP contribution in [0, 0.1) is 0 Å². The van der Waals surface area contributed by atoms with Crippen molar-refractivity contribution < 1.29 is 9.21 Å². The van der Waals surface area contributed by atoms with Gasteiger partial charge in [0.05, 0.1) is 19.4 Å². The molecule has 0 spiro atoms. The SMILES string of the molecule is CCC(=O)N(Cc1ccco1)Cc1cccs1. The normalized spacial score (nSPS) is 10.4. The largest absolute Gasteiger partial charge is 0.467 e. The molecule has 2 rings (SSSR count). The summed E-state index contributed by atoms with van der Waals surface area (Å²) in [5.74, 6) is 0.971. The van der Waals surface area contributed by atoms with Crippen LogP contribution in [-0.2, 0) is 17.9 Å². The third-order valence-electron chi connectivity index (χ3n) is 2.51. The zero-order chi connectivity index (χ0) is 12.1. The van der Waals surface area contributed by atoms with Gasteiger partial charge in [0, 0.05) is 11.3 Å². The van der Waals surface area contributed by atoms with E-state index in [1.165, 1.54) is 4.88 Å². The summed E-state index contributed by atoms with van der Waals surface area (Å²) in [7, 11) is 0. The van der Waals surface area contributed by atoms with E-state index < -0.39 is 0 Å². The van der Waals surface area contributed by atoms with Crippen LogP contribution in [0.1, 0.15) is 24.0 Å². The van der Waals surface area contributed by atoms with E-state index in [0.29, 0.717) is 19.5 Å². The van der Waals surface area contributed by atoms with Gasteiger partial charge in [0.1, 0.15) is 5.76 Å². The fraction of sp³-hybridized carbons (Fsp3) is 0.308. The lowest BCUT2D eigenvalue weighted by Crippen LogP contribution is -2.28. The molecule has 0 saturated heterocycles. The summed E-state index contributed by atoms with van der Waals surface area (Å²) in [4.78, 5) is 14.9. The minimum atomic E-state index is 0.148. The van der Waals surface area contributed by atoms with Gasteiger partial charge in [0.15, 0.2) is 0 Å². The molecule has 90 valence electrons. The Morgan fingerprint density at radius 3 is 2.82 bits per heavy atom. The number of hydrogen-bond donors (Lipinski definition) is 0. The zero-order valence-electron chi connectivity index (χ0n) is 9.76. The molecule has 1 amide bonds. The quantitative estimate of drug-likeness (QED) is 0.814. The van der Waals surface area contributed by atoms with E-state index in [9.17, 15) is 4.79 Å². The molecular formula is C13H15NO2S. The summed E-state index contributed by atoms with van der Waals surface area (Å²) >= 11 is 1.67. The van der Waals surface area contributed by atoms with Crippen LogP contribution in [0.15, 0.2) is 40.3 Å². The average molecular weight is 249 g/mol. The second kappa shape index (κ2) is 5.68. The topological polar surface area (TPSA) is 33.5 Å². The molecule has 0 fully saturated rings. The average Bonchev–Trinajstić information content (AvgIpc) is 3.00. The molecule has 0 aliphatic heterocycles. The van der Waals surface area contributed by atoms with E-state index in [0.717, 1.165) is 5.76 Å². The highest BCUT2D eigenvalue weighted by molar-refractivity contribution is 7.09. The van der Waals surface area contributed by atoms with E-state index in [-0.39, 0.29) is 5.91 Å². The van der Waals surface area contributed by atoms with Gasteiger partial charge >= 0.3 is 0 Å². The number of hydrogen-bond acceptors (Lipinski definition) is 3. The van der Waals surface area contributed by atoms with Crippen molar-refractivity contribution in [2.24, 2.45) is 0 Å². The van der Waals surface area contributed by atoms with Crippen LogP contribution in [0.5, 0.6) is 0 Å². The molecule has 2 aromatic heterocycles. The third kappa shape index (κ3) is 3.20. The molecular weight excluding hydrogens is 234 g/mol. The minimum absolute atomic E-state index is 0.148. The first kappa shape index (κ1) is 11.9. The van der Waals surface area contributed by atoms with E-state index in [4.69, 9.17) is 4.42 Å². The molecule has 0 bridgehead atoms. The Labute approximate surface area is 105 Å². The molecule has 0 aliphatic rings. The van der Waals surface area contributed by atoms with Gasteiger partial charge in [-0.15, -0.1) is 11.3 Å². The van der Waals surface area contributed by atoms with Gasteiger partial charge in [0.2, 0.25) is 5.91 Å². The standard InChI is InChI=1S/C13H15NO2S/c1-2-13(15)14(9-11-5-3-7-16-11)10-12-6-4-8-17-12/h3-8H,2,9-10H2,1H3. The van der Waals surface area contributed by atoms with E-state index in [1.54, 1.807) is 17.6 Å². The summed E-state index contributed by atoms with van der Waals surface area (Å²) < 4.78 is 5.29. The third-order valence-corrected chi connectivity index (χ3v) is 3.37. The van der Waals surface area contributed by atoms with Gasteiger partial charge in [-0.25, -0.2) is 0 Å². The first-order chi connectivity index (χ1) is 8.29. The predicted octanol–water partition coefficient (Wildman–Crippen LogP) is 3.28. The number of furan rings is 1. The first-order valence-corrected chi connectivity index (χ1v) is 6.50. The Kier molecular flexibility index (Phi) is 3.98. The van der Waals surface area contributed by atoms with Gasteiger partial charge in [-0.3, -0.25) is 4.79 Å². The summed E-state index contributed by atoms with van der Waals surface area (Å²) in [5, 5.41) is 2.02. The summed E-state index contributed by atoms with van der Waals surface area (Å²) in [5.41, 5.74) is 0. The van der Waals surface area contributed by atoms with Crippen molar-refractivity contribution in [3.05, 3.63) is 46.5 Å². The Hall–Kier alpha value is -1.55. The Bertz CT molecular complexity index is 411. The fourth-order valence-corrected chi connectivity index (χ4v) is 2.36. The van der Waals surface area contributed by atoms with E-state index in [2.05, 4.69) is 0 Å². The highest BCUT2D eigenvalue weighted by Crippen LogP contribution is 2.15. The van der Waals surface area contributed by atoms with Gasteiger partial charge < -0.3 is 9.32 Å². The monoisotopic (exact) mass is 249 g/mol. The van der Waals surface area contributed by atoms with Crippen LogP contribution >= 0.6 is 11.3 Å². The molecule has 0 saturated carbocycles. The Balaban J connectivity index is 2.05. The maximum Gasteiger partial charge on any atom is 0.223 e. The second-order valence-electron chi connectivity index (χ2n) is 3.76. The highest BCUT2D eigenvalue weighted by Gasteiger charge is 2.14. The van der Waals surface area contributed by atoms with Crippen LogP contribution < -0.4 is 0 Å². The molecule has 4 heteroatoms. The molecule has 0 radical (unpaired) electrons. The molecule has 0 atom stereocenters. The van der Waals surface area contributed by atoms with Crippen LogP contribution in [0.3, 0.4) is 0 Å². The Morgan fingerprint density at radius 1 is 1.35 bits per heavy atom. The lowest BCUT2D eigenvalue weighted by molar-refractivity contribution is -0.132. The number of carbonyl (C=O) groups is 1. The number of nitrogens with zero attached hydrogens (tertiary/aromatic N) is 1. The molecule has 2 aromatic rings. The van der Waals surface area contributed by atoms with E-state index in [1.807, 2.05) is 41.5 Å². The number of amides is 1. The maximum atomic E-state index is 11.9. The highest BCUT2D eigenvalue weighted by atomic mass is 32.1. The van der Waals surface area contributed by atoms with Gasteiger partial charge in [-0.1, -0.05) is 13.0 Å². The first-order valence-electron chi connectivity index (χ1n) is 5.62. The van der Waals surface area contributed by atoms with Crippen LogP contribution in [-0.4, -0.2) is 10.8 Å². The molecule has 0 aromatic carbocycles. The molecule has 0 N–H and O–H groups in total. The van der Waals surface area contributed by atoms with Crippen molar-refractivity contribution in [1.29, 1.82) is 0 Å². The van der Waals surface area contributed by atoms with Crippen LogP contribution in [0.2, 0.25) is 0 Å². The molecule has 2 heterocycles. The summed E-state index contributed by atoms with van der Waals surface area (Å²) in [6.45, 7) is 3.08. The van der Waals surface area contributed by atoms with E-state index >= 15 is 0 Å². The van der Waals surface area contributed by atoms with Crippen molar-refractivity contribution in [2.45, 2.75) is 26.4 Å². The maximum absolute atomic E-state index is 11.9. The zero-order valence-corrected chi connectivity index (χ0v) is 10.6. The summed E-state index contributed by atoms with van der Waals surface area (Å²) in [6.07, 6.45) is 2.15. The van der Waals surface area contributed by atoms with Crippen molar-refractivity contribution in [3.63, 3.8) is 0 Å². The second-order valence-corrected chi connectivity index (χ2v) is 4.79. The minimum Gasteiger partial charge on any atom is -0.467 e. The van der Waals surface area contributed by atoms with Gasteiger partial charge in [-0.2, -0.15) is 0 Å².